The number of phenols is 1. The Balaban J connectivity index is 2.30. The lowest BCUT2D eigenvalue weighted by molar-refractivity contribution is 0.334. The monoisotopic (exact) mass is 376 g/mol. The number of rotatable bonds is 3. The molecular weight excluding hydrogens is 364 g/mol. The van der Waals surface area contributed by atoms with Gasteiger partial charge in [0.2, 0.25) is 5.75 Å². The Kier molecular flexibility index (Phi) is 4.00. The molecule has 0 aliphatic heterocycles. The smallest absolute Gasteiger partial charge is 0.204 e. The van der Waals surface area contributed by atoms with Crippen molar-refractivity contribution in [1.29, 1.82) is 0 Å². The third kappa shape index (κ3) is 2.66. The normalized spacial score (nSPS) is 10.7. The van der Waals surface area contributed by atoms with E-state index in [1.165, 1.54) is 26.4 Å². The van der Waals surface area contributed by atoms with E-state index in [-0.39, 0.29) is 33.6 Å². The second-order valence-corrected chi connectivity index (χ2v) is 5.73. The van der Waals surface area contributed by atoms with Crippen LogP contribution in [-0.4, -0.2) is 19.3 Å². The Hall–Kier alpha value is -2.47. The van der Waals surface area contributed by atoms with Crippen LogP contribution in [0.25, 0.3) is 22.3 Å². The van der Waals surface area contributed by atoms with E-state index in [2.05, 4.69) is 15.9 Å². The van der Waals surface area contributed by atoms with Crippen LogP contribution in [-0.2, 0) is 0 Å². The maximum absolute atomic E-state index is 12.4. The SMILES string of the molecule is COc1cc2oc(-c3ccc(Br)cc3)cc(=O)c2c(O)c1OC. The van der Waals surface area contributed by atoms with E-state index in [1.54, 1.807) is 0 Å². The fourth-order valence-corrected chi connectivity index (χ4v) is 2.63. The minimum absolute atomic E-state index is 0.0588. The van der Waals surface area contributed by atoms with Gasteiger partial charge in [0.1, 0.15) is 16.7 Å². The van der Waals surface area contributed by atoms with E-state index in [9.17, 15) is 9.90 Å². The van der Waals surface area contributed by atoms with Crippen molar-refractivity contribution < 1.29 is 19.0 Å². The van der Waals surface area contributed by atoms with Crippen molar-refractivity contribution in [3.8, 4) is 28.6 Å². The summed E-state index contributed by atoms with van der Waals surface area (Å²) in [7, 11) is 2.83. The summed E-state index contributed by atoms with van der Waals surface area (Å²) < 4.78 is 17.0. The fraction of sp³-hybridized carbons (Fsp3) is 0.118. The maximum atomic E-state index is 12.4. The molecule has 0 saturated heterocycles. The highest BCUT2D eigenvalue weighted by atomic mass is 79.9. The van der Waals surface area contributed by atoms with Crippen LogP contribution >= 0.6 is 15.9 Å². The van der Waals surface area contributed by atoms with E-state index in [4.69, 9.17) is 13.9 Å². The minimum atomic E-state index is -0.359. The standard InChI is InChI=1S/C17H13BrO5/c1-21-14-8-13-15(16(20)17(14)22-2)11(19)7-12(23-13)9-3-5-10(18)6-4-9/h3-8,20H,1-2H3. The summed E-state index contributed by atoms with van der Waals surface area (Å²) in [4.78, 5) is 12.4. The molecule has 1 N–H and O–H groups in total. The highest BCUT2D eigenvalue weighted by molar-refractivity contribution is 9.10. The van der Waals surface area contributed by atoms with Gasteiger partial charge >= 0.3 is 0 Å². The first-order chi connectivity index (χ1) is 11.0. The van der Waals surface area contributed by atoms with Gasteiger partial charge in [0.15, 0.2) is 16.9 Å². The summed E-state index contributed by atoms with van der Waals surface area (Å²) in [6, 6.07) is 10.2. The van der Waals surface area contributed by atoms with Crippen molar-refractivity contribution in [1.82, 2.24) is 0 Å². The van der Waals surface area contributed by atoms with Gasteiger partial charge in [0, 0.05) is 22.2 Å². The molecule has 1 heterocycles. The number of halogens is 1. The van der Waals surface area contributed by atoms with Crippen molar-refractivity contribution in [2.45, 2.75) is 0 Å². The van der Waals surface area contributed by atoms with E-state index in [1.807, 2.05) is 24.3 Å². The lowest BCUT2D eigenvalue weighted by atomic mass is 10.1. The average Bonchev–Trinajstić information content (AvgIpc) is 2.54. The largest absolute Gasteiger partial charge is 0.504 e. The molecule has 3 rings (SSSR count). The molecule has 0 unspecified atom stereocenters. The van der Waals surface area contributed by atoms with E-state index in [0.29, 0.717) is 5.76 Å². The molecule has 0 aliphatic carbocycles. The topological polar surface area (TPSA) is 68.9 Å². The molecule has 2 aromatic carbocycles. The zero-order chi connectivity index (χ0) is 16.6. The summed E-state index contributed by atoms with van der Waals surface area (Å²) >= 11 is 3.36. The van der Waals surface area contributed by atoms with Crippen molar-refractivity contribution in [3.05, 3.63) is 51.1 Å². The number of fused-ring (bicyclic) bond motifs is 1. The zero-order valence-electron chi connectivity index (χ0n) is 12.4. The van der Waals surface area contributed by atoms with E-state index < -0.39 is 0 Å². The Morgan fingerprint density at radius 2 is 1.78 bits per heavy atom. The molecule has 0 saturated carbocycles. The molecule has 3 aromatic rings. The van der Waals surface area contributed by atoms with Crippen LogP contribution in [0.4, 0.5) is 0 Å². The van der Waals surface area contributed by atoms with Gasteiger partial charge in [-0.3, -0.25) is 4.79 Å². The number of ether oxygens (including phenoxy) is 2. The number of benzene rings is 2. The first kappa shape index (κ1) is 15.4. The number of phenolic OH excluding ortho intramolecular Hbond substituents is 1. The number of aromatic hydroxyl groups is 1. The van der Waals surface area contributed by atoms with Gasteiger partial charge in [-0.15, -0.1) is 0 Å². The van der Waals surface area contributed by atoms with E-state index >= 15 is 0 Å². The van der Waals surface area contributed by atoms with Gasteiger partial charge in [-0.25, -0.2) is 0 Å². The lowest BCUT2D eigenvalue weighted by Gasteiger charge is -2.11. The highest BCUT2D eigenvalue weighted by Crippen LogP contribution is 2.42. The molecule has 0 amide bonds. The predicted molar refractivity (Wildman–Crippen MR) is 90.4 cm³/mol. The first-order valence-electron chi connectivity index (χ1n) is 6.73. The van der Waals surface area contributed by atoms with Crippen molar-refractivity contribution in [2.24, 2.45) is 0 Å². The molecule has 5 nitrogen and oxygen atoms in total. The van der Waals surface area contributed by atoms with E-state index in [0.717, 1.165) is 10.0 Å². The minimum Gasteiger partial charge on any atom is -0.504 e. The summed E-state index contributed by atoms with van der Waals surface area (Å²) in [6.07, 6.45) is 0. The summed E-state index contributed by atoms with van der Waals surface area (Å²) in [5, 5.41) is 10.3. The molecule has 0 aliphatic rings. The average molecular weight is 377 g/mol. The molecule has 118 valence electrons. The molecule has 0 spiro atoms. The van der Waals surface area contributed by atoms with Gasteiger partial charge in [-0.1, -0.05) is 28.1 Å². The zero-order valence-corrected chi connectivity index (χ0v) is 14.0. The van der Waals surface area contributed by atoms with Crippen LogP contribution in [0.2, 0.25) is 0 Å². The van der Waals surface area contributed by atoms with Crippen LogP contribution in [0.15, 0.2) is 50.1 Å². The molecule has 1 aromatic heterocycles. The summed E-state index contributed by atoms with van der Waals surface area (Å²) in [5.74, 6) is 0.497. The molecular formula is C17H13BrO5. The Morgan fingerprint density at radius 1 is 1.09 bits per heavy atom. The van der Waals surface area contributed by atoms with Crippen LogP contribution in [0.3, 0.4) is 0 Å². The van der Waals surface area contributed by atoms with Crippen LogP contribution in [0, 0.1) is 0 Å². The van der Waals surface area contributed by atoms with Crippen molar-refractivity contribution in [3.63, 3.8) is 0 Å². The van der Waals surface area contributed by atoms with Gasteiger partial charge in [0.25, 0.3) is 0 Å². The number of hydrogen-bond donors (Lipinski definition) is 1. The van der Waals surface area contributed by atoms with Crippen molar-refractivity contribution in [2.75, 3.05) is 14.2 Å². The highest BCUT2D eigenvalue weighted by Gasteiger charge is 2.19. The van der Waals surface area contributed by atoms with Gasteiger partial charge in [-0.2, -0.15) is 0 Å². The Morgan fingerprint density at radius 3 is 2.39 bits per heavy atom. The van der Waals surface area contributed by atoms with Gasteiger partial charge < -0.3 is 19.0 Å². The van der Waals surface area contributed by atoms with Crippen LogP contribution < -0.4 is 14.9 Å². The van der Waals surface area contributed by atoms with Crippen molar-refractivity contribution >= 4 is 26.9 Å². The molecule has 23 heavy (non-hydrogen) atoms. The number of hydrogen-bond acceptors (Lipinski definition) is 5. The first-order valence-corrected chi connectivity index (χ1v) is 7.52. The molecule has 0 radical (unpaired) electrons. The molecule has 0 bridgehead atoms. The molecule has 6 heteroatoms. The second-order valence-electron chi connectivity index (χ2n) is 4.82. The quantitative estimate of drug-likeness (QED) is 0.749. The molecule has 0 atom stereocenters. The maximum Gasteiger partial charge on any atom is 0.204 e. The third-order valence-corrected chi connectivity index (χ3v) is 3.99. The second kappa shape index (κ2) is 5.96. The third-order valence-electron chi connectivity index (χ3n) is 3.47. The summed E-state index contributed by atoms with van der Waals surface area (Å²) in [5.41, 5.74) is 0.620. The lowest BCUT2D eigenvalue weighted by Crippen LogP contribution is -2.02. The van der Waals surface area contributed by atoms with Gasteiger partial charge in [0.05, 0.1) is 14.2 Å². The Bertz CT molecular complexity index is 928. The van der Waals surface area contributed by atoms with Crippen LogP contribution in [0.5, 0.6) is 17.2 Å². The fourth-order valence-electron chi connectivity index (χ4n) is 2.37. The predicted octanol–water partition coefficient (Wildman–Crippen LogP) is 3.95. The summed E-state index contributed by atoms with van der Waals surface area (Å²) in [6.45, 7) is 0. The Labute approximate surface area is 140 Å². The molecule has 0 fully saturated rings. The van der Waals surface area contributed by atoms with Crippen LogP contribution in [0.1, 0.15) is 0 Å². The van der Waals surface area contributed by atoms with Gasteiger partial charge in [-0.05, 0) is 12.1 Å². The number of methoxy groups -OCH3 is 2.